The van der Waals surface area contributed by atoms with Gasteiger partial charge in [-0.05, 0) is 12.1 Å². The molecule has 0 saturated heterocycles. The zero-order chi connectivity index (χ0) is 10.7. The lowest BCUT2D eigenvalue weighted by atomic mass is 10.1. The molecule has 14 heavy (non-hydrogen) atoms. The van der Waals surface area contributed by atoms with Crippen molar-refractivity contribution in [3.8, 4) is 6.07 Å². The highest BCUT2D eigenvalue weighted by Gasteiger charge is 2.17. The molecule has 1 aromatic rings. The molecule has 0 spiro atoms. The topological polar surface area (TPSA) is 50.1 Å². The van der Waals surface area contributed by atoms with Crippen LogP contribution in [0.15, 0.2) is 17.0 Å². The minimum atomic E-state index is -0.617. The average molecular weight is 228 g/mol. The second kappa shape index (κ2) is 4.36. The molecule has 0 bridgehead atoms. The van der Waals surface area contributed by atoms with Crippen molar-refractivity contribution in [1.82, 2.24) is 0 Å². The van der Waals surface area contributed by atoms with Gasteiger partial charge >= 0.3 is 5.97 Å². The number of thiol groups is 1. The third-order valence-electron chi connectivity index (χ3n) is 1.64. The molecule has 3 nitrogen and oxygen atoms in total. The summed E-state index contributed by atoms with van der Waals surface area (Å²) in [6.45, 7) is 0. The molecule has 0 aliphatic rings. The number of halogens is 1. The van der Waals surface area contributed by atoms with E-state index in [0.29, 0.717) is 5.02 Å². The summed E-state index contributed by atoms with van der Waals surface area (Å²) in [5.74, 6) is -0.617. The van der Waals surface area contributed by atoms with Crippen molar-refractivity contribution >= 4 is 30.2 Å². The number of rotatable bonds is 1. The molecule has 0 heterocycles. The van der Waals surface area contributed by atoms with E-state index < -0.39 is 5.97 Å². The van der Waals surface area contributed by atoms with Crippen LogP contribution in [-0.4, -0.2) is 13.1 Å². The summed E-state index contributed by atoms with van der Waals surface area (Å²) in [7, 11) is 1.23. The molecule has 0 amide bonds. The summed E-state index contributed by atoms with van der Waals surface area (Å²) in [4.78, 5) is 11.5. The number of carbonyl (C=O) groups excluding carboxylic acids is 1. The third-order valence-corrected chi connectivity index (χ3v) is 2.55. The lowest BCUT2D eigenvalue weighted by Crippen LogP contribution is -2.05. The Morgan fingerprint density at radius 2 is 2.29 bits per heavy atom. The van der Waals surface area contributed by atoms with Crippen LogP contribution >= 0.6 is 24.2 Å². The van der Waals surface area contributed by atoms with Crippen molar-refractivity contribution < 1.29 is 9.53 Å². The van der Waals surface area contributed by atoms with Gasteiger partial charge in [-0.15, -0.1) is 12.6 Å². The SMILES string of the molecule is COC(=O)c1c(C#N)ccc(Cl)c1S. The molecule has 0 aliphatic heterocycles. The molecule has 0 aliphatic carbocycles. The first-order chi connectivity index (χ1) is 6.61. The average Bonchev–Trinajstić information content (AvgIpc) is 2.20. The van der Waals surface area contributed by atoms with Crippen LogP contribution in [0.1, 0.15) is 15.9 Å². The maximum atomic E-state index is 11.3. The molecule has 72 valence electrons. The van der Waals surface area contributed by atoms with Gasteiger partial charge in [-0.25, -0.2) is 4.79 Å². The van der Waals surface area contributed by atoms with Crippen LogP contribution in [0.25, 0.3) is 0 Å². The molecule has 0 atom stereocenters. The van der Waals surface area contributed by atoms with E-state index in [4.69, 9.17) is 16.9 Å². The van der Waals surface area contributed by atoms with E-state index in [-0.39, 0.29) is 16.0 Å². The summed E-state index contributed by atoms with van der Waals surface area (Å²) in [5.41, 5.74) is 0.303. The van der Waals surface area contributed by atoms with Crippen molar-refractivity contribution in [3.63, 3.8) is 0 Å². The van der Waals surface area contributed by atoms with E-state index in [1.807, 2.05) is 6.07 Å². The minimum absolute atomic E-state index is 0.103. The smallest absolute Gasteiger partial charge is 0.340 e. The molecular formula is C9H6ClNO2S. The normalized spacial score (nSPS) is 9.29. The van der Waals surface area contributed by atoms with Gasteiger partial charge in [0.15, 0.2) is 0 Å². The van der Waals surface area contributed by atoms with Crippen LogP contribution < -0.4 is 0 Å². The highest BCUT2D eigenvalue weighted by atomic mass is 35.5. The Kier molecular flexibility index (Phi) is 3.39. The molecule has 0 saturated carbocycles. The minimum Gasteiger partial charge on any atom is -0.465 e. The predicted molar refractivity (Wildman–Crippen MR) is 54.8 cm³/mol. The fourth-order valence-corrected chi connectivity index (χ4v) is 1.41. The Morgan fingerprint density at radius 1 is 1.64 bits per heavy atom. The highest BCUT2D eigenvalue weighted by molar-refractivity contribution is 7.80. The maximum absolute atomic E-state index is 11.3. The predicted octanol–water partition coefficient (Wildman–Crippen LogP) is 2.29. The van der Waals surface area contributed by atoms with Crippen molar-refractivity contribution in [2.75, 3.05) is 7.11 Å². The second-order valence-corrected chi connectivity index (χ2v) is 3.28. The van der Waals surface area contributed by atoms with Gasteiger partial charge in [-0.3, -0.25) is 0 Å². The Morgan fingerprint density at radius 3 is 2.79 bits per heavy atom. The molecule has 1 aromatic carbocycles. The van der Waals surface area contributed by atoms with E-state index in [0.717, 1.165) is 0 Å². The zero-order valence-electron chi connectivity index (χ0n) is 7.24. The molecule has 0 radical (unpaired) electrons. The van der Waals surface area contributed by atoms with Gasteiger partial charge in [-0.1, -0.05) is 11.6 Å². The van der Waals surface area contributed by atoms with Gasteiger partial charge in [0.1, 0.15) is 6.07 Å². The largest absolute Gasteiger partial charge is 0.465 e. The Hall–Kier alpha value is -1.18. The van der Waals surface area contributed by atoms with Gasteiger partial charge < -0.3 is 4.74 Å². The summed E-state index contributed by atoms with van der Waals surface area (Å²) in [6, 6.07) is 4.83. The van der Waals surface area contributed by atoms with Crippen LogP contribution in [0, 0.1) is 11.3 Å². The van der Waals surface area contributed by atoms with Crippen LogP contribution in [0.5, 0.6) is 0 Å². The number of hydrogen-bond donors (Lipinski definition) is 1. The number of methoxy groups -OCH3 is 1. The molecule has 5 heteroatoms. The number of benzene rings is 1. The summed E-state index contributed by atoms with van der Waals surface area (Å²) in [5, 5.41) is 9.06. The summed E-state index contributed by atoms with van der Waals surface area (Å²) >= 11 is 9.79. The van der Waals surface area contributed by atoms with Crippen molar-refractivity contribution in [2.24, 2.45) is 0 Å². The van der Waals surface area contributed by atoms with Crippen molar-refractivity contribution in [1.29, 1.82) is 5.26 Å². The van der Waals surface area contributed by atoms with Gasteiger partial charge in [-0.2, -0.15) is 5.26 Å². The fraction of sp³-hybridized carbons (Fsp3) is 0.111. The molecule has 0 N–H and O–H groups in total. The van der Waals surface area contributed by atoms with Crippen LogP contribution in [-0.2, 0) is 4.74 Å². The summed E-state index contributed by atoms with van der Waals surface area (Å²) < 4.78 is 4.52. The number of carbonyl (C=O) groups is 1. The van der Waals surface area contributed by atoms with Crippen LogP contribution in [0.4, 0.5) is 0 Å². The highest BCUT2D eigenvalue weighted by Crippen LogP contribution is 2.27. The molecule has 1 rings (SSSR count). The molecule has 0 fully saturated rings. The van der Waals surface area contributed by atoms with Gasteiger partial charge in [0.2, 0.25) is 0 Å². The molecular weight excluding hydrogens is 222 g/mol. The first kappa shape index (κ1) is 10.9. The van der Waals surface area contributed by atoms with Crippen molar-refractivity contribution in [2.45, 2.75) is 4.90 Å². The quantitative estimate of drug-likeness (QED) is 0.592. The molecule has 0 unspecified atom stereocenters. The monoisotopic (exact) mass is 227 g/mol. The van der Waals surface area contributed by atoms with Gasteiger partial charge in [0, 0.05) is 4.90 Å². The van der Waals surface area contributed by atoms with E-state index in [2.05, 4.69) is 17.4 Å². The third kappa shape index (κ3) is 1.84. The number of ether oxygens (including phenoxy) is 1. The lowest BCUT2D eigenvalue weighted by molar-refractivity contribution is 0.0596. The van der Waals surface area contributed by atoms with Crippen LogP contribution in [0.2, 0.25) is 5.02 Å². The zero-order valence-corrected chi connectivity index (χ0v) is 8.89. The van der Waals surface area contributed by atoms with E-state index in [9.17, 15) is 4.79 Å². The van der Waals surface area contributed by atoms with Crippen molar-refractivity contribution in [3.05, 3.63) is 28.3 Å². The number of hydrogen-bond acceptors (Lipinski definition) is 4. The Labute approximate surface area is 91.7 Å². The standard InChI is InChI=1S/C9H6ClNO2S/c1-13-9(12)7-5(4-11)2-3-6(10)8(7)14/h2-3,14H,1H3. The Bertz CT molecular complexity index is 426. The van der Waals surface area contributed by atoms with E-state index >= 15 is 0 Å². The lowest BCUT2D eigenvalue weighted by Gasteiger charge is -2.06. The second-order valence-electron chi connectivity index (χ2n) is 2.42. The number of nitrogens with zero attached hydrogens (tertiary/aromatic N) is 1. The van der Waals surface area contributed by atoms with Crippen LogP contribution in [0.3, 0.4) is 0 Å². The van der Waals surface area contributed by atoms with E-state index in [1.165, 1.54) is 19.2 Å². The first-order valence-corrected chi connectivity index (χ1v) is 4.44. The number of nitriles is 1. The van der Waals surface area contributed by atoms with Gasteiger partial charge in [0.05, 0.1) is 23.3 Å². The Balaban J connectivity index is 3.45. The first-order valence-electron chi connectivity index (χ1n) is 3.61. The maximum Gasteiger partial charge on any atom is 0.340 e. The fourth-order valence-electron chi connectivity index (χ4n) is 0.968. The number of esters is 1. The summed E-state index contributed by atoms with van der Waals surface area (Å²) in [6.07, 6.45) is 0. The van der Waals surface area contributed by atoms with E-state index in [1.54, 1.807) is 0 Å². The van der Waals surface area contributed by atoms with Gasteiger partial charge in [0.25, 0.3) is 0 Å². The molecule has 0 aromatic heterocycles.